The molecule has 1 aromatic carbocycles. The van der Waals surface area contributed by atoms with Gasteiger partial charge in [0.2, 0.25) is 0 Å². The summed E-state index contributed by atoms with van der Waals surface area (Å²) in [6, 6.07) is 6.07. The molecule has 2 rings (SSSR count). The van der Waals surface area contributed by atoms with Crippen molar-refractivity contribution in [3.63, 3.8) is 0 Å². The largest absolute Gasteiger partial charge is 0.377 e. The fraction of sp³-hybridized carbons (Fsp3) is 0.600. The first kappa shape index (κ1) is 18.6. The Balaban J connectivity index is 1.91. The van der Waals surface area contributed by atoms with Crippen LogP contribution in [0, 0.1) is 10.1 Å². The van der Waals surface area contributed by atoms with Crippen LogP contribution in [0.25, 0.3) is 0 Å². The van der Waals surface area contributed by atoms with E-state index in [-0.39, 0.29) is 12.4 Å². The molecular formula is C15H22N2O7. The maximum Gasteiger partial charge on any atom is 0.269 e. The van der Waals surface area contributed by atoms with Gasteiger partial charge in [0.1, 0.15) is 6.73 Å². The van der Waals surface area contributed by atoms with E-state index in [1.165, 1.54) is 17.2 Å². The maximum atomic E-state index is 10.7. The molecule has 0 N–H and O–H groups in total. The third-order valence-electron chi connectivity index (χ3n) is 3.15. The minimum Gasteiger partial charge on any atom is -0.377 e. The molecule has 0 bridgehead atoms. The molecule has 0 unspecified atom stereocenters. The number of benzene rings is 1. The Bertz CT molecular complexity index is 467. The highest BCUT2D eigenvalue weighted by Gasteiger charge is 2.11. The van der Waals surface area contributed by atoms with Crippen LogP contribution in [0.5, 0.6) is 0 Å². The molecule has 0 spiro atoms. The maximum absolute atomic E-state index is 10.7. The number of rotatable bonds is 2. The summed E-state index contributed by atoms with van der Waals surface area (Å²) in [4.78, 5) is 15.9. The smallest absolute Gasteiger partial charge is 0.269 e. The van der Waals surface area contributed by atoms with E-state index in [1.807, 2.05) is 0 Å². The van der Waals surface area contributed by atoms with E-state index in [0.29, 0.717) is 58.5 Å². The normalized spacial score (nSPS) is 19.2. The number of anilines is 1. The van der Waals surface area contributed by atoms with Crippen LogP contribution in [0.2, 0.25) is 0 Å². The third-order valence-corrected chi connectivity index (χ3v) is 3.15. The molecule has 1 aromatic rings. The van der Waals surface area contributed by atoms with Gasteiger partial charge >= 0.3 is 0 Å². The van der Waals surface area contributed by atoms with E-state index in [9.17, 15) is 10.1 Å². The summed E-state index contributed by atoms with van der Waals surface area (Å²) in [7, 11) is 0. The van der Waals surface area contributed by atoms with Crippen LogP contribution >= 0.6 is 0 Å². The second kappa shape index (κ2) is 10.9. The van der Waals surface area contributed by atoms with Crippen molar-refractivity contribution in [3.8, 4) is 0 Å². The summed E-state index contributed by atoms with van der Waals surface area (Å²) >= 11 is 0. The molecule has 134 valence electrons. The molecule has 0 saturated carbocycles. The van der Waals surface area contributed by atoms with Crippen LogP contribution in [-0.2, 0) is 23.8 Å². The van der Waals surface area contributed by atoms with Crippen molar-refractivity contribution < 1.29 is 28.7 Å². The minimum absolute atomic E-state index is 0.0229. The van der Waals surface area contributed by atoms with E-state index in [4.69, 9.17) is 23.8 Å². The Morgan fingerprint density at radius 3 is 1.83 bits per heavy atom. The number of hydrogen-bond acceptors (Lipinski definition) is 8. The quantitative estimate of drug-likeness (QED) is 0.588. The fourth-order valence-corrected chi connectivity index (χ4v) is 1.94. The molecule has 0 atom stereocenters. The molecule has 24 heavy (non-hydrogen) atoms. The van der Waals surface area contributed by atoms with Gasteiger partial charge in [-0.25, -0.2) is 5.06 Å². The Hall–Kier alpha value is -1.78. The van der Waals surface area contributed by atoms with Crippen LogP contribution in [0.15, 0.2) is 24.3 Å². The number of nitro groups is 1. The van der Waals surface area contributed by atoms with E-state index in [0.717, 1.165) is 0 Å². The zero-order chi connectivity index (χ0) is 17.0. The number of hydroxylamine groups is 1. The molecule has 0 aliphatic carbocycles. The molecule has 9 nitrogen and oxygen atoms in total. The van der Waals surface area contributed by atoms with Crippen molar-refractivity contribution in [1.29, 1.82) is 0 Å². The summed E-state index contributed by atoms with van der Waals surface area (Å²) < 4.78 is 21.6. The minimum atomic E-state index is -0.444. The van der Waals surface area contributed by atoms with Gasteiger partial charge < -0.3 is 18.9 Å². The van der Waals surface area contributed by atoms with Gasteiger partial charge in [-0.2, -0.15) is 0 Å². The van der Waals surface area contributed by atoms with Gasteiger partial charge in [0, 0.05) is 12.1 Å². The van der Waals surface area contributed by atoms with E-state index >= 15 is 0 Å². The molecule has 1 heterocycles. The average Bonchev–Trinajstić information content (AvgIpc) is 2.60. The summed E-state index contributed by atoms with van der Waals surface area (Å²) in [5.41, 5.74) is 0.684. The first-order chi connectivity index (χ1) is 11.8. The van der Waals surface area contributed by atoms with Gasteiger partial charge in [0.15, 0.2) is 0 Å². The molecule has 0 aromatic heterocycles. The lowest BCUT2D eigenvalue weighted by Crippen LogP contribution is -2.29. The van der Waals surface area contributed by atoms with Crippen LogP contribution in [0.4, 0.5) is 11.4 Å². The Morgan fingerprint density at radius 1 is 0.792 bits per heavy atom. The highest BCUT2D eigenvalue weighted by molar-refractivity contribution is 5.48. The van der Waals surface area contributed by atoms with Crippen molar-refractivity contribution in [2.75, 3.05) is 64.6 Å². The van der Waals surface area contributed by atoms with Crippen molar-refractivity contribution in [1.82, 2.24) is 0 Å². The lowest BCUT2D eigenvalue weighted by Gasteiger charge is -2.23. The summed E-state index contributed by atoms with van der Waals surface area (Å²) in [6.45, 7) is 3.79. The average molecular weight is 342 g/mol. The van der Waals surface area contributed by atoms with Crippen molar-refractivity contribution in [3.05, 3.63) is 34.4 Å². The van der Waals surface area contributed by atoms with E-state index in [1.54, 1.807) is 12.1 Å². The number of nitrogens with zero attached hydrogens (tertiary/aromatic N) is 2. The monoisotopic (exact) mass is 342 g/mol. The standard InChI is InChI=1S/C15H22N2O7/c18-17(19)15-3-1-14(2-4-15)16-13-23-10-9-21-6-5-20-7-8-22-11-12-24-16/h1-4H,5-13H2. The first-order valence-electron chi connectivity index (χ1n) is 7.73. The zero-order valence-electron chi connectivity index (χ0n) is 13.4. The van der Waals surface area contributed by atoms with Crippen LogP contribution in [0.1, 0.15) is 0 Å². The molecular weight excluding hydrogens is 320 g/mol. The van der Waals surface area contributed by atoms with Crippen LogP contribution in [0.3, 0.4) is 0 Å². The highest BCUT2D eigenvalue weighted by atomic mass is 16.7. The summed E-state index contributed by atoms with van der Waals surface area (Å²) in [5.74, 6) is 0. The lowest BCUT2D eigenvalue weighted by atomic mass is 10.3. The molecule has 9 heteroatoms. The lowest BCUT2D eigenvalue weighted by molar-refractivity contribution is -0.384. The molecule has 1 saturated heterocycles. The van der Waals surface area contributed by atoms with Crippen LogP contribution < -0.4 is 5.06 Å². The molecule has 0 radical (unpaired) electrons. The summed E-state index contributed by atoms with van der Waals surface area (Å²) in [6.07, 6.45) is 0. The molecule has 1 fully saturated rings. The van der Waals surface area contributed by atoms with Gasteiger partial charge in [-0.15, -0.1) is 0 Å². The first-order valence-corrected chi connectivity index (χ1v) is 7.73. The topological polar surface area (TPSA) is 92.5 Å². The Kier molecular flexibility index (Phi) is 8.42. The van der Waals surface area contributed by atoms with Crippen LogP contribution in [-0.4, -0.2) is 64.5 Å². The second-order valence-corrected chi connectivity index (χ2v) is 4.86. The van der Waals surface area contributed by atoms with Gasteiger partial charge in [-0.3, -0.25) is 15.0 Å². The molecule has 0 amide bonds. The molecule has 1 aliphatic rings. The Morgan fingerprint density at radius 2 is 1.29 bits per heavy atom. The third kappa shape index (κ3) is 6.77. The van der Waals surface area contributed by atoms with Gasteiger partial charge in [0.25, 0.3) is 5.69 Å². The molecule has 1 aliphatic heterocycles. The van der Waals surface area contributed by atoms with Gasteiger partial charge in [0.05, 0.1) is 63.5 Å². The van der Waals surface area contributed by atoms with Crippen molar-refractivity contribution in [2.45, 2.75) is 0 Å². The van der Waals surface area contributed by atoms with E-state index < -0.39 is 4.92 Å². The van der Waals surface area contributed by atoms with Crippen molar-refractivity contribution in [2.24, 2.45) is 0 Å². The van der Waals surface area contributed by atoms with E-state index in [2.05, 4.69) is 0 Å². The number of hydrogen-bond donors (Lipinski definition) is 0. The predicted octanol–water partition coefficient (Wildman–Crippen LogP) is 1.37. The SMILES string of the molecule is O=[N+]([O-])c1ccc(N2COCCOCCOCCOCCO2)cc1. The predicted molar refractivity (Wildman–Crippen MR) is 84.8 cm³/mol. The Labute approximate surface area is 140 Å². The summed E-state index contributed by atoms with van der Waals surface area (Å²) in [5, 5.41) is 12.3. The fourth-order valence-electron chi connectivity index (χ4n) is 1.94. The zero-order valence-corrected chi connectivity index (χ0v) is 13.4. The van der Waals surface area contributed by atoms with Gasteiger partial charge in [-0.05, 0) is 12.1 Å². The second-order valence-electron chi connectivity index (χ2n) is 4.86. The number of non-ortho nitro benzene ring substituents is 1. The van der Waals surface area contributed by atoms with Gasteiger partial charge in [-0.1, -0.05) is 0 Å². The number of nitro benzene ring substituents is 1. The number of ether oxygens (including phenoxy) is 4. The van der Waals surface area contributed by atoms with Crippen molar-refractivity contribution >= 4 is 11.4 Å². The highest BCUT2D eigenvalue weighted by Crippen LogP contribution is 2.19.